The van der Waals surface area contributed by atoms with Gasteiger partial charge in [0.25, 0.3) is 10.0 Å². The van der Waals surface area contributed by atoms with Gasteiger partial charge in [0.15, 0.2) is 0 Å². The summed E-state index contributed by atoms with van der Waals surface area (Å²) in [7, 11) is -2.69. The summed E-state index contributed by atoms with van der Waals surface area (Å²) in [5, 5.41) is -0.0427. The molecule has 0 unspecified atom stereocenters. The maximum Gasteiger partial charge on any atom is 0.348 e. The first-order valence-corrected chi connectivity index (χ1v) is 8.59. The lowest BCUT2D eigenvalue weighted by atomic mass is 10.3. The molecule has 0 aliphatic carbocycles. The van der Waals surface area contributed by atoms with Gasteiger partial charge in [-0.05, 0) is 36.8 Å². The molecule has 0 aliphatic heterocycles. The van der Waals surface area contributed by atoms with Crippen LogP contribution >= 0.6 is 22.9 Å². The summed E-state index contributed by atoms with van der Waals surface area (Å²) in [6, 6.07) is 4.60. The van der Waals surface area contributed by atoms with E-state index in [4.69, 9.17) is 11.6 Å². The smallest absolute Gasteiger partial charge is 0.348 e. The quantitative estimate of drug-likeness (QED) is 0.844. The van der Waals surface area contributed by atoms with Crippen LogP contribution in [0.1, 0.15) is 15.2 Å². The number of ether oxygens (including phenoxy) is 1. The molecule has 0 aliphatic rings. The number of sulfonamides is 1. The van der Waals surface area contributed by atoms with Crippen molar-refractivity contribution in [3.8, 4) is 0 Å². The summed E-state index contributed by atoms with van der Waals surface area (Å²) in [4.78, 5) is 11.6. The number of anilines is 1. The van der Waals surface area contributed by atoms with Crippen molar-refractivity contribution in [3.63, 3.8) is 0 Å². The lowest BCUT2D eigenvalue weighted by Crippen LogP contribution is -2.12. The van der Waals surface area contributed by atoms with Crippen molar-refractivity contribution >= 4 is 43.9 Å². The first-order valence-electron chi connectivity index (χ1n) is 5.91. The van der Waals surface area contributed by atoms with E-state index in [0.29, 0.717) is 10.4 Å². The van der Waals surface area contributed by atoms with E-state index in [1.165, 1.54) is 13.2 Å². The number of esters is 1. The van der Waals surface area contributed by atoms with Gasteiger partial charge in [0, 0.05) is 0 Å². The Morgan fingerprint density at radius 2 is 2.05 bits per heavy atom. The van der Waals surface area contributed by atoms with Gasteiger partial charge in [-0.3, -0.25) is 4.72 Å². The maximum atomic E-state index is 13.1. The van der Waals surface area contributed by atoms with Gasteiger partial charge in [-0.2, -0.15) is 0 Å². The lowest BCUT2D eigenvalue weighted by molar-refractivity contribution is 0.0605. The van der Waals surface area contributed by atoms with Crippen LogP contribution in [0.3, 0.4) is 0 Å². The Labute approximate surface area is 135 Å². The molecule has 1 N–H and O–H groups in total. The predicted octanol–water partition coefficient (Wildman–Crippen LogP) is 3.44. The monoisotopic (exact) mass is 363 g/mol. The minimum absolute atomic E-state index is 0.176. The van der Waals surface area contributed by atoms with E-state index < -0.39 is 21.8 Å². The van der Waals surface area contributed by atoms with E-state index in [-0.39, 0.29) is 14.9 Å². The molecule has 22 heavy (non-hydrogen) atoms. The van der Waals surface area contributed by atoms with E-state index in [2.05, 4.69) is 9.46 Å². The average Bonchev–Trinajstić information content (AvgIpc) is 2.80. The Hall–Kier alpha value is -1.64. The van der Waals surface area contributed by atoms with Gasteiger partial charge in [-0.15, -0.1) is 11.3 Å². The summed E-state index contributed by atoms with van der Waals surface area (Å²) in [6.07, 6.45) is 0. The molecule has 0 spiro atoms. The van der Waals surface area contributed by atoms with Crippen LogP contribution in [-0.4, -0.2) is 21.5 Å². The van der Waals surface area contributed by atoms with Crippen molar-refractivity contribution in [2.75, 3.05) is 11.8 Å². The second-order valence-corrected chi connectivity index (χ2v) is 7.44. The number of aryl methyl sites for hydroxylation is 1. The molecule has 9 heteroatoms. The van der Waals surface area contributed by atoms with Crippen molar-refractivity contribution < 1.29 is 22.3 Å². The second kappa shape index (κ2) is 6.23. The van der Waals surface area contributed by atoms with Gasteiger partial charge < -0.3 is 4.74 Å². The molecule has 1 heterocycles. The van der Waals surface area contributed by atoms with Crippen molar-refractivity contribution in [1.29, 1.82) is 0 Å². The van der Waals surface area contributed by atoms with E-state index in [9.17, 15) is 17.6 Å². The summed E-state index contributed by atoms with van der Waals surface area (Å²) in [5.74, 6) is -1.25. The van der Waals surface area contributed by atoms with Gasteiger partial charge >= 0.3 is 5.97 Å². The number of halogens is 2. The number of nitrogens with one attached hydrogen (secondary N) is 1. The SMILES string of the molecule is COC(=O)c1sc(NS(=O)(=O)c2ccc(F)c(Cl)c2)cc1C. The molecule has 0 saturated carbocycles. The van der Waals surface area contributed by atoms with E-state index in [1.54, 1.807) is 6.92 Å². The molecule has 2 rings (SSSR count). The number of hydrogen-bond donors (Lipinski definition) is 1. The summed E-state index contributed by atoms with van der Waals surface area (Å²) < 4.78 is 44.5. The summed E-state index contributed by atoms with van der Waals surface area (Å²) >= 11 is 6.54. The zero-order chi connectivity index (χ0) is 16.5. The highest BCUT2D eigenvalue weighted by Crippen LogP contribution is 2.29. The molecule has 0 fully saturated rings. The molecule has 118 valence electrons. The highest BCUT2D eigenvalue weighted by atomic mass is 35.5. The fourth-order valence-electron chi connectivity index (χ4n) is 1.66. The van der Waals surface area contributed by atoms with Crippen LogP contribution in [0, 0.1) is 12.7 Å². The molecular weight excluding hydrogens is 353 g/mol. The highest BCUT2D eigenvalue weighted by Gasteiger charge is 2.20. The molecule has 0 atom stereocenters. The molecule has 0 bridgehead atoms. The van der Waals surface area contributed by atoms with Crippen molar-refractivity contribution in [2.45, 2.75) is 11.8 Å². The predicted molar refractivity (Wildman–Crippen MR) is 82.6 cm³/mol. The molecule has 1 aromatic heterocycles. The number of carbonyl (C=O) groups is 1. The van der Waals surface area contributed by atoms with Crippen LogP contribution in [-0.2, 0) is 14.8 Å². The molecule has 0 amide bonds. The van der Waals surface area contributed by atoms with Crippen LogP contribution in [0.2, 0.25) is 5.02 Å². The molecule has 5 nitrogen and oxygen atoms in total. The molecule has 2 aromatic rings. The van der Waals surface area contributed by atoms with Gasteiger partial charge in [-0.25, -0.2) is 17.6 Å². The number of benzene rings is 1. The van der Waals surface area contributed by atoms with Crippen molar-refractivity contribution in [3.05, 3.63) is 45.5 Å². The van der Waals surface area contributed by atoms with Crippen LogP contribution in [0.15, 0.2) is 29.2 Å². The normalized spacial score (nSPS) is 11.3. The Kier molecular flexibility index (Phi) is 4.74. The Morgan fingerprint density at radius 3 is 2.64 bits per heavy atom. The maximum absolute atomic E-state index is 13.1. The Balaban J connectivity index is 2.33. The third-order valence-corrected chi connectivity index (χ3v) is 5.64. The van der Waals surface area contributed by atoms with Crippen LogP contribution in [0.4, 0.5) is 9.39 Å². The number of rotatable bonds is 4. The molecule has 1 aromatic carbocycles. The first kappa shape index (κ1) is 16.7. The van der Waals surface area contributed by atoms with E-state index in [1.807, 2.05) is 0 Å². The standard InChI is InChI=1S/C13H11ClFNO4S2/c1-7-5-11(21-12(7)13(17)20-2)16-22(18,19)8-3-4-10(15)9(14)6-8/h3-6,16H,1-2H3. The van der Waals surface area contributed by atoms with E-state index in [0.717, 1.165) is 29.5 Å². The minimum Gasteiger partial charge on any atom is -0.465 e. The zero-order valence-electron chi connectivity index (χ0n) is 11.5. The summed E-state index contributed by atoms with van der Waals surface area (Å²) in [5.41, 5.74) is 0.590. The van der Waals surface area contributed by atoms with Crippen molar-refractivity contribution in [1.82, 2.24) is 0 Å². The van der Waals surface area contributed by atoms with Crippen LogP contribution < -0.4 is 4.72 Å². The third-order valence-electron chi connectivity index (χ3n) is 2.72. The van der Waals surface area contributed by atoms with Gasteiger partial charge in [0.2, 0.25) is 0 Å². The van der Waals surface area contributed by atoms with Gasteiger partial charge in [-0.1, -0.05) is 11.6 Å². The Morgan fingerprint density at radius 1 is 1.36 bits per heavy atom. The zero-order valence-corrected chi connectivity index (χ0v) is 13.9. The van der Waals surface area contributed by atoms with Gasteiger partial charge in [0.05, 0.1) is 17.0 Å². The second-order valence-electron chi connectivity index (χ2n) is 4.30. The van der Waals surface area contributed by atoms with E-state index >= 15 is 0 Å². The first-order chi connectivity index (χ1) is 10.2. The average molecular weight is 364 g/mol. The topological polar surface area (TPSA) is 72.5 Å². The fraction of sp³-hybridized carbons (Fsp3) is 0.154. The highest BCUT2D eigenvalue weighted by molar-refractivity contribution is 7.93. The Bertz CT molecular complexity index is 833. The number of methoxy groups -OCH3 is 1. The number of hydrogen-bond acceptors (Lipinski definition) is 5. The van der Waals surface area contributed by atoms with Crippen LogP contribution in [0.25, 0.3) is 0 Å². The van der Waals surface area contributed by atoms with Crippen molar-refractivity contribution in [2.24, 2.45) is 0 Å². The number of carbonyl (C=O) groups excluding carboxylic acids is 1. The largest absolute Gasteiger partial charge is 0.465 e. The minimum atomic E-state index is -3.93. The van der Waals surface area contributed by atoms with Crippen LogP contribution in [0.5, 0.6) is 0 Å². The lowest BCUT2D eigenvalue weighted by Gasteiger charge is -2.06. The molecule has 0 saturated heterocycles. The fourth-order valence-corrected chi connectivity index (χ4v) is 4.21. The molecular formula is C13H11ClFNO4S2. The number of thiophene rings is 1. The van der Waals surface area contributed by atoms with Gasteiger partial charge in [0.1, 0.15) is 15.7 Å². The summed E-state index contributed by atoms with van der Waals surface area (Å²) in [6.45, 7) is 1.66. The molecule has 0 radical (unpaired) electrons. The third kappa shape index (κ3) is 3.40.